The van der Waals surface area contributed by atoms with Crippen LogP contribution in [0.3, 0.4) is 0 Å². The first-order chi connectivity index (χ1) is 7.24. The molecule has 78 valence electrons. The molecule has 0 aliphatic heterocycles. The highest BCUT2D eigenvalue weighted by atomic mass is 35.5. The molecule has 0 aromatic carbocycles. The lowest BCUT2D eigenvalue weighted by molar-refractivity contribution is 1.07. The average Bonchev–Trinajstić information content (AvgIpc) is 2.91. The fourth-order valence-corrected chi connectivity index (χ4v) is 1.86. The van der Waals surface area contributed by atoms with Gasteiger partial charge in [0.2, 0.25) is 5.28 Å². The summed E-state index contributed by atoms with van der Waals surface area (Å²) in [6, 6.07) is 0.503. The summed E-state index contributed by atoms with van der Waals surface area (Å²) in [5, 5.41) is 9.99. The maximum atomic E-state index is 5.81. The van der Waals surface area contributed by atoms with E-state index >= 15 is 0 Å². The quantitative estimate of drug-likeness (QED) is 0.557. The topological polar surface area (TPSA) is 69.4 Å². The molecule has 0 atom stereocenters. The van der Waals surface area contributed by atoms with Crippen LogP contribution in [0.25, 0.3) is 11.0 Å². The number of aromatic nitrogens is 4. The fourth-order valence-electron chi connectivity index (χ4n) is 1.44. The smallest absolute Gasteiger partial charge is 0.226 e. The van der Waals surface area contributed by atoms with Crippen molar-refractivity contribution in [1.82, 2.24) is 20.2 Å². The molecule has 1 fully saturated rings. The summed E-state index contributed by atoms with van der Waals surface area (Å²) in [6.45, 7) is 0. The summed E-state index contributed by atoms with van der Waals surface area (Å²) in [4.78, 5) is 8.20. The molecular weight excluding hydrogens is 234 g/mol. The third kappa shape index (κ3) is 1.59. The fraction of sp³-hybridized carbons (Fsp3) is 0.375. The Morgan fingerprint density at radius 2 is 2.13 bits per heavy atom. The maximum Gasteiger partial charge on any atom is 0.226 e. The first-order valence-electron chi connectivity index (χ1n) is 4.64. The second-order valence-corrected chi connectivity index (χ2v) is 4.31. The molecule has 0 bridgehead atoms. The zero-order valence-electron chi connectivity index (χ0n) is 7.67. The number of aromatic amines is 2. The SMILES string of the molecule is S=c1[nH][nH]c2nc(Cl)nc(NC3CC3)c12. The molecule has 2 aromatic rings. The van der Waals surface area contributed by atoms with E-state index in [1.54, 1.807) is 0 Å². The molecular formula is C8H8ClN5S. The molecule has 0 amide bonds. The van der Waals surface area contributed by atoms with Gasteiger partial charge in [-0.2, -0.15) is 9.97 Å². The van der Waals surface area contributed by atoms with Crippen LogP contribution in [-0.2, 0) is 0 Å². The standard InChI is InChI=1S/C8H8ClN5S/c9-8-11-5(10-3-1-2-3)4-6(12-8)13-14-7(4)15/h3H,1-2H2,(H3,10,11,12,13,14,15). The van der Waals surface area contributed by atoms with Gasteiger partial charge in [-0.1, -0.05) is 12.2 Å². The van der Waals surface area contributed by atoms with Crippen molar-refractivity contribution in [3.63, 3.8) is 0 Å². The minimum absolute atomic E-state index is 0.218. The van der Waals surface area contributed by atoms with Gasteiger partial charge in [0.25, 0.3) is 0 Å². The molecule has 1 aliphatic rings. The van der Waals surface area contributed by atoms with E-state index in [2.05, 4.69) is 25.5 Å². The predicted molar refractivity (Wildman–Crippen MR) is 60.7 cm³/mol. The van der Waals surface area contributed by atoms with Crippen LogP contribution in [0.2, 0.25) is 5.28 Å². The van der Waals surface area contributed by atoms with Gasteiger partial charge in [0.1, 0.15) is 10.5 Å². The summed E-state index contributed by atoms with van der Waals surface area (Å²) < 4.78 is 0.602. The third-order valence-electron chi connectivity index (χ3n) is 2.32. The second kappa shape index (κ2) is 3.18. The van der Waals surface area contributed by atoms with E-state index in [4.69, 9.17) is 23.8 Å². The van der Waals surface area contributed by atoms with E-state index in [0.29, 0.717) is 16.3 Å². The van der Waals surface area contributed by atoms with Gasteiger partial charge in [0.05, 0.1) is 5.39 Å². The van der Waals surface area contributed by atoms with Crippen molar-refractivity contribution in [3.05, 3.63) is 9.92 Å². The van der Waals surface area contributed by atoms with Gasteiger partial charge >= 0.3 is 0 Å². The highest BCUT2D eigenvalue weighted by Crippen LogP contribution is 2.28. The molecule has 1 aliphatic carbocycles. The number of anilines is 1. The zero-order valence-corrected chi connectivity index (χ0v) is 9.24. The molecule has 0 saturated heterocycles. The number of nitrogens with zero attached hydrogens (tertiary/aromatic N) is 2. The Kier molecular flexibility index (Phi) is 1.93. The second-order valence-electron chi connectivity index (χ2n) is 3.56. The number of hydrogen-bond acceptors (Lipinski definition) is 4. The highest BCUT2D eigenvalue weighted by Gasteiger charge is 2.23. The van der Waals surface area contributed by atoms with Gasteiger partial charge in [-0.25, -0.2) is 0 Å². The molecule has 3 N–H and O–H groups in total. The molecule has 2 aromatic heterocycles. The van der Waals surface area contributed by atoms with Crippen molar-refractivity contribution in [2.24, 2.45) is 0 Å². The van der Waals surface area contributed by atoms with Crippen LogP contribution in [0.1, 0.15) is 12.8 Å². The van der Waals surface area contributed by atoms with Crippen molar-refractivity contribution in [2.45, 2.75) is 18.9 Å². The number of H-pyrrole nitrogens is 2. The Hall–Kier alpha value is -1.14. The number of rotatable bonds is 2. The lowest BCUT2D eigenvalue weighted by Gasteiger charge is -2.03. The summed E-state index contributed by atoms with van der Waals surface area (Å²) in [6.07, 6.45) is 2.34. The van der Waals surface area contributed by atoms with Crippen molar-refractivity contribution in [2.75, 3.05) is 5.32 Å². The summed E-state index contributed by atoms with van der Waals surface area (Å²) in [7, 11) is 0. The minimum atomic E-state index is 0.218. The van der Waals surface area contributed by atoms with Crippen LogP contribution >= 0.6 is 23.8 Å². The van der Waals surface area contributed by atoms with E-state index in [9.17, 15) is 0 Å². The largest absolute Gasteiger partial charge is 0.367 e. The average molecular weight is 242 g/mol. The number of fused-ring (bicyclic) bond motifs is 1. The Balaban J connectivity index is 2.22. The number of hydrogen-bond donors (Lipinski definition) is 3. The monoisotopic (exact) mass is 241 g/mol. The Bertz CT molecular complexity index is 570. The lowest BCUT2D eigenvalue weighted by atomic mass is 10.4. The molecule has 5 nitrogen and oxygen atoms in total. The van der Waals surface area contributed by atoms with Crippen LogP contribution in [0.4, 0.5) is 5.82 Å². The summed E-state index contributed by atoms with van der Waals surface area (Å²) in [5.74, 6) is 0.718. The maximum absolute atomic E-state index is 5.81. The van der Waals surface area contributed by atoms with Crippen molar-refractivity contribution in [1.29, 1.82) is 0 Å². The molecule has 15 heavy (non-hydrogen) atoms. The van der Waals surface area contributed by atoms with Gasteiger partial charge < -0.3 is 5.32 Å². The van der Waals surface area contributed by atoms with Gasteiger partial charge in [0.15, 0.2) is 5.65 Å². The third-order valence-corrected chi connectivity index (χ3v) is 2.80. The Labute approximate surface area is 95.3 Å². The van der Waals surface area contributed by atoms with Crippen LogP contribution in [0, 0.1) is 4.64 Å². The van der Waals surface area contributed by atoms with Crippen molar-refractivity contribution >= 4 is 40.7 Å². The van der Waals surface area contributed by atoms with Crippen LogP contribution < -0.4 is 5.32 Å². The molecule has 2 heterocycles. The summed E-state index contributed by atoms with van der Waals surface area (Å²) >= 11 is 10.9. The van der Waals surface area contributed by atoms with Gasteiger partial charge in [-0.05, 0) is 24.4 Å². The molecule has 3 rings (SSSR count). The number of halogens is 1. The first kappa shape index (κ1) is 9.11. The van der Waals surface area contributed by atoms with Gasteiger partial charge in [-0.3, -0.25) is 10.2 Å². The van der Waals surface area contributed by atoms with Crippen LogP contribution in [0.15, 0.2) is 0 Å². The number of nitrogens with one attached hydrogen (secondary N) is 3. The van der Waals surface area contributed by atoms with Gasteiger partial charge in [0, 0.05) is 6.04 Å². The first-order valence-corrected chi connectivity index (χ1v) is 5.43. The summed E-state index contributed by atoms with van der Waals surface area (Å²) in [5.41, 5.74) is 0.642. The van der Waals surface area contributed by atoms with Crippen LogP contribution in [-0.4, -0.2) is 26.2 Å². The zero-order chi connectivity index (χ0) is 10.4. The lowest BCUT2D eigenvalue weighted by Crippen LogP contribution is -2.04. The molecule has 0 spiro atoms. The molecule has 7 heteroatoms. The normalized spacial score (nSPS) is 15.8. The van der Waals surface area contributed by atoms with E-state index < -0.39 is 0 Å². The van der Waals surface area contributed by atoms with E-state index in [-0.39, 0.29) is 5.28 Å². The molecule has 0 radical (unpaired) electrons. The highest BCUT2D eigenvalue weighted by molar-refractivity contribution is 7.71. The molecule has 0 unspecified atom stereocenters. The van der Waals surface area contributed by atoms with Crippen molar-refractivity contribution < 1.29 is 0 Å². The minimum Gasteiger partial charge on any atom is -0.367 e. The van der Waals surface area contributed by atoms with E-state index in [1.165, 1.54) is 12.8 Å². The van der Waals surface area contributed by atoms with E-state index in [1.807, 2.05) is 0 Å². The Morgan fingerprint density at radius 3 is 2.87 bits per heavy atom. The van der Waals surface area contributed by atoms with Gasteiger partial charge in [-0.15, -0.1) is 0 Å². The van der Waals surface area contributed by atoms with E-state index in [0.717, 1.165) is 11.2 Å². The van der Waals surface area contributed by atoms with Crippen molar-refractivity contribution in [3.8, 4) is 0 Å². The molecule has 1 saturated carbocycles. The predicted octanol–water partition coefficient (Wildman–Crippen LogP) is 2.24. The Morgan fingerprint density at radius 1 is 1.33 bits per heavy atom. The van der Waals surface area contributed by atoms with Crippen LogP contribution in [0.5, 0.6) is 0 Å².